The summed E-state index contributed by atoms with van der Waals surface area (Å²) in [5, 5.41) is 2.90. The van der Waals surface area contributed by atoms with Crippen LogP contribution in [0.4, 0.5) is 13.2 Å². The molecule has 0 atom stereocenters. The predicted molar refractivity (Wildman–Crippen MR) is 78.5 cm³/mol. The third kappa shape index (κ3) is 4.36. The molecule has 1 saturated carbocycles. The second-order valence-corrected chi connectivity index (χ2v) is 6.59. The number of halogens is 5. The first-order valence-corrected chi connectivity index (χ1v) is 7.82. The van der Waals surface area contributed by atoms with Crippen molar-refractivity contribution in [1.82, 2.24) is 5.32 Å². The van der Waals surface area contributed by atoms with Gasteiger partial charge in [0.2, 0.25) is 0 Å². The van der Waals surface area contributed by atoms with E-state index in [4.69, 9.17) is 11.6 Å². The summed E-state index contributed by atoms with van der Waals surface area (Å²) in [7, 11) is 0. The Morgan fingerprint density at radius 3 is 2.43 bits per heavy atom. The molecule has 2 nitrogen and oxygen atoms in total. The van der Waals surface area contributed by atoms with Crippen LogP contribution in [0.25, 0.3) is 0 Å². The van der Waals surface area contributed by atoms with Crippen molar-refractivity contribution in [3.05, 3.63) is 33.8 Å². The third-order valence-corrected chi connectivity index (χ3v) is 4.65. The van der Waals surface area contributed by atoms with Gasteiger partial charge in [0.15, 0.2) is 0 Å². The van der Waals surface area contributed by atoms with Gasteiger partial charge in [0, 0.05) is 21.5 Å². The molecular formula is C14H14BrClF3NO. The van der Waals surface area contributed by atoms with Gasteiger partial charge in [0.05, 0.1) is 5.56 Å². The number of rotatable bonds is 2. The number of amides is 1. The molecule has 1 aliphatic rings. The van der Waals surface area contributed by atoms with Gasteiger partial charge in [-0.25, -0.2) is 0 Å². The van der Waals surface area contributed by atoms with Crippen LogP contribution < -0.4 is 5.32 Å². The van der Waals surface area contributed by atoms with E-state index in [9.17, 15) is 18.0 Å². The van der Waals surface area contributed by atoms with Gasteiger partial charge in [-0.15, -0.1) is 11.6 Å². The highest BCUT2D eigenvalue weighted by atomic mass is 79.9. The van der Waals surface area contributed by atoms with Gasteiger partial charge in [-0.2, -0.15) is 13.2 Å². The maximum atomic E-state index is 12.8. The van der Waals surface area contributed by atoms with E-state index in [1.807, 2.05) is 0 Å². The number of alkyl halides is 4. The lowest BCUT2D eigenvalue weighted by atomic mass is 9.94. The van der Waals surface area contributed by atoms with Crippen LogP contribution in [0.2, 0.25) is 0 Å². The van der Waals surface area contributed by atoms with E-state index in [0.717, 1.165) is 31.7 Å². The second-order valence-electron chi connectivity index (χ2n) is 5.11. The standard InChI is InChI=1S/C14H14BrClF3NO/c15-12-6-1-8(7-11(12)14(17,18)19)13(21)20-10-4-2-9(16)3-5-10/h1,6-7,9-10H,2-5H2,(H,20,21). The Balaban J connectivity index is 2.09. The highest BCUT2D eigenvalue weighted by molar-refractivity contribution is 9.10. The molecule has 1 N–H and O–H groups in total. The van der Waals surface area contributed by atoms with E-state index in [0.29, 0.717) is 0 Å². The zero-order chi connectivity index (χ0) is 15.6. The first-order valence-electron chi connectivity index (χ1n) is 6.59. The molecule has 2 rings (SSSR count). The van der Waals surface area contributed by atoms with Crippen molar-refractivity contribution in [2.75, 3.05) is 0 Å². The molecule has 0 aromatic heterocycles. The molecule has 0 saturated heterocycles. The second kappa shape index (κ2) is 6.57. The fourth-order valence-corrected chi connectivity index (χ4v) is 3.07. The van der Waals surface area contributed by atoms with E-state index in [1.165, 1.54) is 12.1 Å². The van der Waals surface area contributed by atoms with Gasteiger partial charge in [0.1, 0.15) is 0 Å². The van der Waals surface area contributed by atoms with E-state index in [1.54, 1.807) is 0 Å². The van der Waals surface area contributed by atoms with Crippen molar-refractivity contribution in [2.45, 2.75) is 43.3 Å². The molecule has 0 spiro atoms. The normalized spacial score (nSPS) is 22.9. The van der Waals surface area contributed by atoms with Crippen LogP contribution in [-0.4, -0.2) is 17.3 Å². The summed E-state index contributed by atoms with van der Waals surface area (Å²) < 4.78 is 38.4. The van der Waals surface area contributed by atoms with E-state index in [-0.39, 0.29) is 21.5 Å². The van der Waals surface area contributed by atoms with Crippen molar-refractivity contribution < 1.29 is 18.0 Å². The van der Waals surface area contributed by atoms with Crippen molar-refractivity contribution in [3.8, 4) is 0 Å². The molecule has 1 aliphatic carbocycles. The summed E-state index contributed by atoms with van der Waals surface area (Å²) >= 11 is 8.84. The van der Waals surface area contributed by atoms with Gasteiger partial charge in [0.25, 0.3) is 5.91 Å². The molecule has 7 heteroatoms. The number of hydrogen-bond acceptors (Lipinski definition) is 1. The number of carbonyl (C=O) groups excluding carboxylic acids is 1. The minimum Gasteiger partial charge on any atom is -0.349 e. The summed E-state index contributed by atoms with van der Waals surface area (Å²) in [6.07, 6.45) is -1.38. The van der Waals surface area contributed by atoms with Gasteiger partial charge in [-0.3, -0.25) is 4.79 Å². The summed E-state index contributed by atoms with van der Waals surface area (Å²) in [4.78, 5) is 12.1. The Morgan fingerprint density at radius 2 is 1.86 bits per heavy atom. The van der Waals surface area contributed by atoms with Crippen LogP contribution >= 0.6 is 27.5 Å². The van der Waals surface area contributed by atoms with E-state index in [2.05, 4.69) is 21.2 Å². The molecule has 1 fully saturated rings. The molecule has 0 unspecified atom stereocenters. The molecule has 1 amide bonds. The highest BCUT2D eigenvalue weighted by Gasteiger charge is 2.33. The summed E-state index contributed by atoms with van der Waals surface area (Å²) in [5.41, 5.74) is -0.835. The van der Waals surface area contributed by atoms with Crippen LogP contribution in [0, 0.1) is 0 Å². The molecule has 116 valence electrons. The molecule has 21 heavy (non-hydrogen) atoms. The van der Waals surface area contributed by atoms with Gasteiger partial charge >= 0.3 is 6.18 Å². The van der Waals surface area contributed by atoms with Crippen LogP contribution in [0.5, 0.6) is 0 Å². The Labute approximate surface area is 134 Å². The maximum absolute atomic E-state index is 12.8. The predicted octanol–water partition coefficient (Wildman–Crippen LogP) is 4.75. The van der Waals surface area contributed by atoms with Crippen molar-refractivity contribution in [2.24, 2.45) is 0 Å². The quantitative estimate of drug-likeness (QED) is 0.733. The molecule has 0 heterocycles. The first kappa shape index (κ1) is 16.6. The molecule has 0 bridgehead atoms. The van der Waals surface area contributed by atoms with Gasteiger partial charge < -0.3 is 5.32 Å². The monoisotopic (exact) mass is 383 g/mol. The maximum Gasteiger partial charge on any atom is 0.417 e. The molecule has 1 aromatic rings. The van der Waals surface area contributed by atoms with Crippen LogP contribution in [-0.2, 0) is 6.18 Å². The van der Waals surface area contributed by atoms with Crippen LogP contribution in [0.1, 0.15) is 41.6 Å². The average molecular weight is 385 g/mol. The fraction of sp³-hybridized carbons (Fsp3) is 0.500. The smallest absolute Gasteiger partial charge is 0.349 e. The lowest BCUT2D eigenvalue weighted by Crippen LogP contribution is -2.37. The van der Waals surface area contributed by atoms with Crippen molar-refractivity contribution in [3.63, 3.8) is 0 Å². The number of hydrogen-bond donors (Lipinski definition) is 1. The lowest BCUT2D eigenvalue weighted by Gasteiger charge is -2.26. The number of carbonyl (C=O) groups is 1. The zero-order valence-electron chi connectivity index (χ0n) is 11.0. The van der Waals surface area contributed by atoms with Gasteiger partial charge in [-0.05, 0) is 43.9 Å². The molecule has 0 aliphatic heterocycles. The number of benzene rings is 1. The zero-order valence-corrected chi connectivity index (χ0v) is 13.4. The summed E-state index contributed by atoms with van der Waals surface area (Å²) in [6, 6.07) is 3.47. The Morgan fingerprint density at radius 1 is 1.24 bits per heavy atom. The lowest BCUT2D eigenvalue weighted by molar-refractivity contribution is -0.138. The highest BCUT2D eigenvalue weighted by Crippen LogP contribution is 2.35. The summed E-state index contributed by atoms with van der Waals surface area (Å²) in [5.74, 6) is -0.481. The van der Waals surface area contributed by atoms with Crippen LogP contribution in [0.3, 0.4) is 0 Å². The largest absolute Gasteiger partial charge is 0.417 e. The Bertz CT molecular complexity index is 527. The molecule has 1 aromatic carbocycles. The van der Waals surface area contributed by atoms with Crippen LogP contribution in [0.15, 0.2) is 22.7 Å². The minimum absolute atomic E-state index is 0.0125. The first-order chi connectivity index (χ1) is 9.77. The SMILES string of the molecule is O=C(NC1CCC(Cl)CC1)c1ccc(Br)c(C(F)(F)F)c1. The fourth-order valence-electron chi connectivity index (χ4n) is 2.35. The third-order valence-electron chi connectivity index (χ3n) is 3.53. The minimum atomic E-state index is -4.49. The molecular weight excluding hydrogens is 371 g/mol. The number of nitrogens with one attached hydrogen (secondary N) is 1. The Hall–Kier alpha value is -0.750. The summed E-state index contributed by atoms with van der Waals surface area (Å²) in [6.45, 7) is 0. The van der Waals surface area contributed by atoms with E-state index >= 15 is 0 Å². The average Bonchev–Trinajstić information content (AvgIpc) is 2.40. The topological polar surface area (TPSA) is 29.1 Å². The Kier molecular flexibility index (Phi) is 5.20. The van der Waals surface area contributed by atoms with Crippen molar-refractivity contribution >= 4 is 33.4 Å². The molecule has 0 radical (unpaired) electrons. The van der Waals surface area contributed by atoms with Gasteiger partial charge in [-0.1, -0.05) is 15.9 Å². The van der Waals surface area contributed by atoms with Crippen molar-refractivity contribution in [1.29, 1.82) is 0 Å². The van der Waals surface area contributed by atoms with E-state index < -0.39 is 17.6 Å².